The summed E-state index contributed by atoms with van der Waals surface area (Å²) < 4.78 is 27.9. The number of carbonyl (C=O) groups is 2. The standard InChI is InChI=1S/C25H27O7PS3/c1-3-29-33(30-4-2)31-15-6-5-14-28-24(26)20-8-7-9-21(16-20)32-25(27)19-12-10-18(11-13-19)22-17-23(34)36-35-22/h7-13,16-17H,3-6,14-15H2,1-2H3. The zero-order valence-electron chi connectivity index (χ0n) is 20.0. The van der Waals surface area contributed by atoms with Crippen molar-refractivity contribution in [2.75, 3.05) is 26.4 Å². The van der Waals surface area contributed by atoms with Crippen LogP contribution in [0.1, 0.15) is 47.4 Å². The first kappa shape index (κ1) is 28.5. The van der Waals surface area contributed by atoms with Crippen LogP contribution in [0.2, 0.25) is 0 Å². The highest BCUT2D eigenvalue weighted by molar-refractivity contribution is 7.80. The minimum Gasteiger partial charge on any atom is -0.462 e. The second-order valence-electron chi connectivity index (χ2n) is 7.22. The van der Waals surface area contributed by atoms with Crippen molar-refractivity contribution in [3.8, 4) is 16.2 Å². The van der Waals surface area contributed by atoms with E-state index in [1.54, 1.807) is 51.0 Å². The zero-order valence-corrected chi connectivity index (χ0v) is 23.3. The highest BCUT2D eigenvalue weighted by atomic mass is 32.9. The van der Waals surface area contributed by atoms with Crippen LogP contribution in [0.3, 0.4) is 0 Å². The molecule has 0 aliphatic heterocycles. The molecule has 3 aromatic rings. The molecule has 0 bridgehead atoms. The number of hydrogen-bond acceptors (Lipinski definition) is 10. The Bertz CT molecular complexity index is 1170. The van der Waals surface area contributed by atoms with Gasteiger partial charge in [0.05, 0.1) is 37.6 Å². The lowest BCUT2D eigenvalue weighted by Gasteiger charge is -2.14. The summed E-state index contributed by atoms with van der Waals surface area (Å²) in [6.07, 6.45) is 1.34. The summed E-state index contributed by atoms with van der Waals surface area (Å²) in [5.74, 6) is -0.728. The monoisotopic (exact) mass is 566 g/mol. The topological polar surface area (TPSA) is 80.3 Å². The highest BCUT2D eigenvalue weighted by Crippen LogP contribution is 2.39. The van der Waals surface area contributed by atoms with Gasteiger partial charge in [0.15, 0.2) is 0 Å². The van der Waals surface area contributed by atoms with Crippen molar-refractivity contribution in [2.45, 2.75) is 26.7 Å². The fourth-order valence-corrected chi connectivity index (χ4v) is 6.24. The fraction of sp³-hybridized carbons (Fsp3) is 0.320. The van der Waals surface area contributed by atoms with E-state index < -0.39 is 20.5 Å². The van der Waals surface area contributed by atoms with E-state index in [9.17, 15) is 9.59 Å². The van der Waals surface area contributed by atoms with Gasteiger partial charge >= 0.3 is 20.5 Å². The zero-order chi connectivity index (χ0) is 25.8. The summed E-state index contributed by atoms with van der Waals surface area (Å²) in [5.41, 5.74) is 1.71. The van der Waals surface area contributed by atoms with Gasteiger partial charge in [-0.3, -0.25) is 0 Å². The molecule has 3 rings (SSSR count). The highest BCUT2D eigenvalue weighted by Gasteiger charge is 2.13. The molecule has 0 radical (unpaired) electrons. The van der Waals surface area contributed by atoms with Gasteiger partial charge in [-0.2, -0.15) is 0 Å². The Hall–Kier alpha value is -2.04. The molecule has 192 valence electrons. The lowest BCUT2D eigenvalue weighted by molar-refractivity contribution is 0.0490. The molecule has 0 aliphatic rings. The van der Waals surface area contributed by atoms with Crippen molar-refractivity contribution in [3.63, 3.8) is 0 Å². The molecular weight excluding hydrogens is 539 g/mol. The second kappa shape index (κ2) is 15.3. The fourth-order valence-electron chi connectivity index (χ4n) is 2.91. The van der Waals surface area contributed by atoms with E-state index in [0.717, 1.165) is 14.3 Å². The van der Waals surface area contributed by atoms with Gasteiger partial charge in [-0.15, -0.1) is 0 Å². The van der Waals surface area contributed by atoms with Crippen LogP contribution < -0.4 is 4.74 Å². The predicted molar refractivity (Wildman–Crippen MR) is 146 cm³/mol. The van der Waals surface area contributed by atoms with Crippen LogP contribution in [0.15, 0.2) is 54.6 Å². The van der Waals surface area contributed by atoms with Crippen molar-refractivity contribution in [2.24, 2.45) is 0 Å². The Morgan fingerprint density at radius 3 is 2.22 bits per heavy atom. The molecule has 2 aromatic carbocycles. The van der Waals surface area contributed by atoms with Crippen LogP contribution in [-0.4, -0.2) is 38.4 Å². The van der Waals surface area contributed by atoms with Crippen LogP contribution >= 0.6 is 41.5 Å². The lowest BCUT2D eigenvalue weighted by Crippen LogP contribution is -2.10. The molecule has 0 aliphatic carbocycles. The third kappa shape index (κ3) is 9.12. The first-order valence-electron chi connectivity index (χ1n) is 11.4. The average molecular weight is 567 g/mol. The van der Waals surface area contributed by atoms with Gasteiger partial charge in [0, 0.05) is 4.88 Å². The SMILES string of the molecule is CCOP(OCC)OCCCCOC(=O)c1cccc(OC(=O)c2ccc(-c3cc(=S)ss3)cc2)c1. The van der Waals surface area contributed by atoms with Crippen LogP contribution in [0.4, 0.5) is 0 Å². The smallest absolute Gasteiger partial charge is 0.343 e. The molecule has 0 N–H and O–H groups in total. The van der Waals surface area contributed by atoms with E-state index in [4.69, 9.17) is 35.3 Å². The molecule has 1 heterocycles. The van der Waals surface area contributed by atoms with Crippen molar-refractivity contribution < 1.29 is 32.6 Å². The number of ether oxygens (including phenoxy) is 2. The third-order valence-electron chi connectivity index (χ3n) is 4.59. The molecule has 11 heteroatoms. The molecule has 0 saturated heterocycles. The molecule has 7 nitrogen and oxygen atoms in total. The van der Waals surface area contributed by atoms with E-state index in [-0.39, 0.29) is 12.4 Å². The molecule has 1 aromatic heterocycles. The van der Waals surface area contributed by atoms with Gasteiger partial charge in [0.25, 0.3) is 0 Å². The molecule has 0 fully saturated rings. The normalized spacial score (nSPS) is 11.0. The van der Waals surface area contributed by atoms with Crippen molar-refractivity contribution in [1.82, 2.24) is 0 Å². The molecule has 0 amide bonds. The van der Waals surface area contributed by atoms with Crippen LogP contribution in [0.5, 0.6) is 5.75 Å². The maximum atomic E-state index is 12.6. The summed E-state index contributed by atoms with van der Waals surface area (Å²) >= 11 is 5.18. The summed E-state index contributed by atoms with van der Waals surface area (Å²) in [7, 11) is 1.82. The Morgan fingerprint density at radius 1 is 0.833 bits per heavy atom. The summed E-state index contributed by atoms with van der Waals surface area (Å²) in [5, 5.41) is 0. The number of esters is 2. The Balaban J connectivity index is 1.45. The number of carbonyl (C=O) groups excluding carboxylic acids is 2. The quantitative estimate of drug-likeness (QED) is 0.0491. The first-order chi connectivity index (χ1) is 17.5. The first-order valence-corrected chi connectivity index (χ1v) is 15.0. The van der Waals surface area contributed by atoms with Crippen LogP contribution in [-0.2, 0) is 18.3 Å². The summed E-state index contributed by atoms with van der Waals surface area (Å²) in [4.78, 5) is 26.0. The second-order valence-corrected chi connectivity index (χ2v) is 11.4. The Morgan fingerprint density at radius 2 is 1.56 bits per heavy atom. The Kier molecular flexibility index (Phi) is 12.1. The van der Waals surface area contributed by atoms with E-state index in [0.29, 0.717) is 43.8 Å². The average Bonchev–Trinajstić information content (AvgIpc) is 3.32. The van der Waals surface area contributed by atoms with Crippen LogP contribution in [0, 0.1) is 3.82 Å². The van der Waals surface area contributed by atoms with E-state index >= 15 is 0 Å². The van der Waals surface area contributed by atoms with Gasteiger partial charge in [-0.25, -0.2) is 9.59 Å². The maximum absolute atomic E-state index is 12.6. The van der Waals surface area contributed by atoms with Crippen molar-refractivity contribution >= 4 is 53.4 Å². The van der Waals surface area contributed by atoms with Gasteiger partial charge in [0.1, 0.15) is 9.57 Å². The summed E-state index contributed by atoms with van der Waals surface area (Å²) in [6.45, 7) is 5.52. The number of hydrogen-bond donors (Lipinski definition) is 0. The van der Waals surface area contributed by atoms with Gasteiger partial charge in [-0.1, -0.05) is 51.1 Å². The lowest BCUT2D eigenvalue weighted by atomic mass is 10.1. The minimum absolute atomic E-state index is 0.248. The van der Waals surface area contributed by atoms with E-state index in [2.05, 4.69) is 0 Å². The predicted octanol–water partition coefficient (Wildman–Crippen LogP) is 7.68. The van der Waals surface area contributed by atoms with Gasteiger partial charge < -0.3 is 23.0 Å². The van der Waals surface area contributed by atoms with Crippen molar-refractivity contribution in [1.29, 1.82) is 0 Å². The number of rotatable bonds is 14. The van der Waals surface area contributed by atoms with Crippen LogP contribution in [0.25, 0.3) is 10.4 Å². The number of unbranched alkanes of at least 4 members (excludes halogenated alkanes) is 1. The molecule has 0 saturated carbocycles. The third-order valence-corrected chi connectivity index (χ3v) is 8.83. The maximum Gasteiger partial charge on any atom is 0.343 e. The molecule has 0 atom stereocenters. The minimum atomic E-state index is -1.32. The van der Waals surface area contributed by atoms with Crippen molar-refractivity contribution in [3.05, 3.63) is 69.5 Å². The van der Waals surface area contributed by atoms with Gasteiger partial charge in [-0.05, 0) is 68.7 Å². The van der Waals surface area contributed by atoms with Gasteiger partial charge in [0.2, 0.25) is 0 Å². The number of benzene rings is 2. The van der Waals surface area contributed by atoms with E-state index in [1.165, 1.54) is 6.07 Å². The molecule has 0 spiro atoms. The Labute approximate surface area is 224 Å². The van der Waals surface area contributed by atoms with E-state index in [1.807, 2.05) is 32.0 Å². The largest absolute Gasteiger partial charge is 0.462 e. The summed E-state index contributed by atoms with van der Waals surface area (Å²) in [6, 6.07) is 15.4. The molecule has 36 heavy (non-hydrogen) atoms. The molecular formula is C25H27O7PS3. The molecule has 0 unspecified atom stereocenters.